The number of aromatic nitrogens is 4. The highest BCUT2D eigenvalue weighted by Crippen LogP contribution is 2.33. The third kappa shape index (κ3) is 3.75. The predicted octanol–water partition coefficient (Wildman–Crippen LogP) is 3.06. The average Bonchev–Trinajstić information content (AvgIpc) is 3.27. The number of para-hydroxylation sites is 1. The third-order valence-corrected chi connectivity index (χ3v) is 4.93. The number of anilines is 1. The molecule has 0 radical (unpaired) electrons. The number of hydrogen-bond acceptors (Lipinski definition) is 6. The maximum Gasteiger partial charge on any atom is 0.310 e. The van der Waals surface area contributed by atoms with Gasteiger partial charge in [0.2, 0.25) is 11.7 Å². The smallest absolute Gasteiger partial charge is 0.310 e. The predicted molar refractivity (Wildman–Crippen MR) is 111 cm³/mol. The van der Waals surface area contributed by atoms with Gasteiger partial charge in [0, 0.05) is 32.4 Å². The first-order valence-corrected chi connectivity index (χ1v) is 9.74. The van der Waals surface area contributed by atoms with Gasteiger partial charge < -0.3 is 14.8 Å². The molecule has 1 aromatic carbocycles. The number of ether oxygens (including phenoxy) is 2. The molecule has 1 aliphatic heterocycles. The van der Waals surface area contributed by atoms with E-state index in [-0.39, 0.29) is 11.6 Å². The van der Waals surface area contributed by atoms with E-state index in [0.717, 1.165) is 18.5 Å². The molecule has 152 valence electrons. The van der Waals surface area contributed by atoms with Crippen molar-refractivity contribution in [2.75, 3.05) is 19.0 Å². The number of rotatable bonds is 7. The summed E-state index contributed by atoms with van der Waals surface area (Å²) in [6.07, 6.45) is 2.60. The molecular formula is C21H25N5O3. The molecule has 8 heteroatoms. The highest BCUT2D eigenvalue weighted by molar-refractivity contribution is 5.65. The Kier molecular flexibility index (Phi) is 5.35. The second kappa shape index (κ2) is 8.08. The molecule has 2 aromatic heterocycles. The van der Waals surface area contributed by atoms with Crippen molar-refractivity contribution >= 4 is 5.95 Å². The fourth-order valence-corrected chi connectivity index (χ4v) is 3.58. The van der Waals surface area contributed by atoms with Gasteiger partial charge in [0.15, 0.2) is 0 Å². The van der Waals surface area contributed by atoms with Gasteiger partial charge in [0.1, 0.15) is 11.4 Å². The highest BCUT2D eigenvalue weighted by Gasteiger charge is 2.27. The fourth-order valence-electron chi connectivity index (χ4n) is 3.58. The Labute approximate surface area is 169 Å². The van der Waals surface area contributed by atoms with Crippen LogP contribution in [0.4, 0.5) is 5.95 Å². The van der Waals surface area contributed by atoms with Crippen molar-refractivity contribution in [1.29, 1.82) is 0 Å². The molecule has 0 aliphatic carbocycles. The molecule has 8 nitrogen and oxygen atoms in total. The number of fused-ring (bicyclic) bond motifs is 1. The Morgan fingerprint density at radius 3 is 2.79 bits per heavy atom. The summed E-state index contributed by atoms with van der Waals surface area (Å²) in [5.74, 6) is 1.45. The Hall–Kier alpha value is -3.13. The van der Waals surface area contributed by atoms with Crippen LogP contribution in [-0.2, 0) is 17.8 Å². The van der Waals surface area contributed by atoms with Gasteiger partial charge in [-0.3, -0.25) is 9.48 Å². The molecular weight excluding hydrogens is 370 g/mol. The zero-order valence-electron chi connectivity index (χ0n) is 16.9. The molecule has 4 rings (SSSR count). The number of nitrogens with one attached hydrogen (secondary N) is 1. The quantitative estimate of drug-likeness (QED) is 0.662. The van der Waals surface area contributed by atoms with Crippen LogP contribution < -0.4 is 15.6 Å². The van der Waals surface area contributed by atoms with Gasteiger partial charge in [-0.2, -0.15) is 0 Å². The molecule has 0 saturated heterocycles. The Balaban J connectivity index is 1.77. The lowest BCUT2D eigenvalue weighted by atomic mass is 10.2. The zero-order chi connectivity index (χ0) is 20.4. The van der Waals surface area contributed by atoms with Crippen LogP contribution in [0.15, 0.2) is 41.3 Å². The lowest BCUT2D eigenvalue weighted by Gasteiger charge is -2.14. The number of nitrogens with zero attached hydrogens (tertiary/aromatic N) is 4. The second-order valence-electron chi connectivity index (χ2n) is 7.22. The minimum absolute atomic E-state index is 0.0559. The molecule has 0 bridgehead atoms. The molecule has 1 unspecified atom stereocenters. The van der Waals surface area contributed by atoms with E-state index >= 15 is 0 Å². The van der Waals surface area contributed by atoms with Crippen molar-refractivity contribution in [3.63, 3.8) is 0 Å². The van der Waals surface area contributed by atoms with E-state index in [9.17, 15) is 4.79 Å². The van der Waals surface area contributed by atoms with Crippen LogP contribution in [0, 0.1) is 6.92 Å². The molecule has 0 saturated carbocycles. The SMILES string of the molecule is COCC(C)Nc1nccc(-c2c(Oc3ccccc3C)c(=O)n3n2CCC3)n1. The monoisotopic (exact) mass is 395 g/mol. The van der Waals surface area contributed by atoms with Crippen LogP contribution in [0.1, 0.15) is 18.9 Å². The summed E-state index contributed by atoms with van der Waals surface area (Å²) in [6, 6.07) is 9.52. The van der Waals surface area contributed by atoms with Crippen molar-refractivity contribution in [2.24, 2.45) is 0 Å². The summed E-state index contributed by atoms with van der Waals surface area (Å²) in [4.78, 5) is 22.0. The molecule has 3 aromatic rings. The molecule has 1 atom stereocenters. The Bertz CT molecular complexity index is 1070. The van der Waals surface area contributed by atoms with E-state index in [4.69, 9.17) is 9.47 Å². The minimum Gasteiger partial charge on any atom is -0.449 e. The van der Waals surface area contributed by atoms with Crippen molar-refractivity contribution in [3.05, 3.63) is 52.4 Å². The van der Waals surface area contributed by atoms with Crippen molar-refractivity contribution in [1.82, 2.24) is 19.3 Å². The summed E-state index contributed by atoms with van der Waals surface area (Å²) in [6.45, 7) is 5.90. The zero-order valence-corrected chi connectivity index (χ0v) is 16.9. The molecule has 0 fully saturated rings. The lowest BCUT2D eigenvalue weighted by Crippen LogP contribution is -2.22. The number of benzene rings is 1. The molecule has 0 amide bonds. The van der Waals surface area contributed by atoms with E-state index in [1.165, 1.54) is 0 Å². The van der Waals surface area contributed by atoms with Crippen molar-refractivity contribution in [3.8, 4) is 22.9 Å². The van der Waals surface area contributed by atoms with Gasteiger partial charge in [-0.15, -0.1) is 0 Å². The Morgan fingerprint density at radius 1 is 1.21 bits per heavy atom. The van der Waals surface area contributed by atoms with E-state index < -0.39 is 0 Å². The maximum absolute atomic E-state index is 13.1. The molecule has 0 spiro atoms. The van der Waals surface area contributed by atoms with Gasteiger partial charge in [-0.05, 0) is 38.0 Å². The maximum atomic E-state index is 13.1. The first-order valence-electron chi connectivity index (χ1n) is 9.74. The first-order chi connectivity index (χ1) is 14.1. The van der Waals surface area contributed by atoms with Crippen LogP contribution >= 0.6 is 0 Å². The summed E-state index contributed by atoms with van der Waals surface area (Å²) >= 11 is 0. The van der Waals surface area contributed by atoms with Crippen molar-refractivity contribution in [2.45, 2.75) is 39.4 Å². The van der Waals surface area contributed by atoms with Gasteiger partial charge in [0.25, 0.3) is 0 Å². The van der Waals surface area contributed by atoms with Crippen LogP contribution in [0.2, 0.25) is 0 Å². The summed E-state index contributed by atoms with van der Waals surface area (Å²) in [5.41, 5.74) is 2.16. The van der Waals surface area contributed by atoms with Crippen molar-refractivity contribution < 1.29 is 9.47 Å². The van der Waals surface area contributed by atoms with E-state index in [1.54, 1.807) is 24.1 Å². The second-order valence-corrected chi connectivity index (χ2v) is 7.22. The minimum atomic E-state index is -0.137. The first kappa shape index (κ1) is 19.2. The van der Waals surface area contributed by atoms with Crippen LogP contribution in [-0.4, -0.2) is 39.1 Å². The van der Waals surface area contributed by atoms with Crippen LogP contribution in [0.3, 0.4) is 0 Å². The topological polar surface area (TPSA) is 83.2 Å². The standard InChI is InChI=1S/C21H25N5O3/c1-14-7-4-5-8-17(14)29-19-18(25-11-6-12-26(25)20(19)27)16-9-10-22-21(24-16)23-15(2)13-28-3/h4-5,7-10,15H,6,11-13H2,1-3H3,(H,22,23,24). The number of hydrogen-bond donors (Lipinski definition) is 1. The van der Waals surface area contributed by atoms with E-state index in [0.29, 0.717) is 42.0 Å². The van der Waals surface area contributed by atoms with Gasteiger partial charge in [0.05, 0.1) is 12.3 Å². The van der Waals surface area contributed by atoms with Gasteiger partial charge in [-0.25, -0.2) is 14.6 Å². The molecule has 29 heavy (non-hydrogen) atoms. The van der Waals surface area contributed by atoms with E-state index in [1.807, 2.05) is 42.8 Å². The number of aryl methyl sites for hydroxylation is 1. The number of methoxy groups -OCH3 is 1. The largest absolute Gasteiger partial charge is 0.449 e. The third-order valence-electron chi connectivity index (χ3n) is 4.93. The van der Waals surface area contributed by atoms with Crippen LogP contribution in [0.25, 0.3) is 11.4 Å². The molecule has 3 heterocycles. The average molecular weight is 395 g/mol. The fraction of sp³-hybridized carbons (Fsp3) is 0.381. The summed E-state index contributed by atoms with van der Waals surface area (Å²) in [7, 11) is 1.65. The molecule has 1 aliphatic rings. The van der Waals surface area contributed by atoms with E-state index in [2.05, 4.69) is 15.3 Å². The Morgan fingerprint density at radius 2 is 2.00 bits per heavy atom. The lowest BCUT2D eigenvalue weighted by molar-refractivity contribution is 0.190. The highest BCUT2D eigenvalue weighted by atomic mass is 16.5. The molecule has 1 N–H and O–H groups in total. The summed E-state index contributed by atoms with van der Waals surface area (Å²) < 4.78 is 15.0. The van der Waals surface area contributed by atoms with Gasteiger partial charge in [-0.1, -0.05) is 18.2 Å². The van der Waals surface area contributed by atoms with Gasteiger partial charge >= 0.3 is 5.56 Å². The normalized spacial score (nSPS) is 13.9. The summed E-state index contributed by atoms with van der Waals surface area (Å²) in [5, 5.41) is 3.22. The van der Waals surface area contributed by atoms with Crippen LogP contribution in [0.5, 0.6) is 11.5 Å².